The molecule has 0 unspecified atom stereocenters. The quantitative estimate of drug-likeness (QED) is 0.874. The predicted molar refractivity (Wildman–Crippen MR) is 80.2 cm³/mol. The molecule has 0 N–H and O–H groups in total. The molecule has 1 fully saturated rings. The van der Waals surface area contributed by atoms with Crippen molar-refractivity contribution in [3.05, 3.63) is 33.1 Å². The summed E-state index contributed by atoms with van der Waals surface area (Å²) in [5.74, 6) is 0.963. The molecule has 1 aliphatic rings. The second-order valence-electron chi connectivity index (χ2n) is 5.52. The monoisotopic (exact) mass is 305 g/mol. The minimum absolute atomic E-state index is 0.100. The van der Waals surface area contributed by atoms with Gasteiger partial charge in [0.05, 0.1) is 28.9 Å². The minimum atomic E-state index is 0.100. The van der Waals surface area contributed by atoms with Crippen molar-refractivity contribution in [2.24, 2.45) is 0 Å². The lowest BCUT2D eigenvalue weighted by Crippen LogP contribution is -2.32. The highest BCUT2D eigenvalue weighted by atomic mass is 32.1. The van der Waals surface area contributed by atoms with Gasteiger partial charge in [-0.05, 0) is 33.6 Å². The van der Waals surface area contributed by atoms with Gasteiger partial charge in [0.15, 0.2) is 0 Å². The number of rotatable bonds is 3. The van der Waals surface area contributed by atoms with Crippen LogP contribution in [0.15, 0.2) is 9.90 Å². The van der Waals surface area contributed by atoms with E-state index in [-0.39, 0.29) is 11.9 Å². The number of hydrogen-bond donors (Lipinski definition) is 0. The predicted octanol–water partition coefficient (Wildman–Crippen LogP) is 2.96. The molecule has 5 nitrogen and oxygen atoms in total. The second-order valence-corrected chi connectivity index (χ2v) is 6.58. The lowest BCUT2D eigenvalue weighted by atomic mass is 10.0. The molecule has 1 atom stereocenters. The van der Waals surface area contributed by atoms with Crippen molar-refractivity contribution in [2.75, 3.05) is 6.54 Å². The smallest absolute Gasteiger partial charge is 0.229 e. The first-order valence-electron chi connectivity index (χ1n) is 7.19. The van der Waals surface area contributed by atoms with Crippen LogP contribution >= 0.6 is 11.3 Å². The average Bonchev–Trinajstić information content (AvgIpc) is 3.12. The summed E-state index contributed by atoms with van der Waals surface area (Å²) in [5, 5.41) is 6.99. The molecule has 0 saturated carbocycles. The van der Waals surface area contributed by atoms with Crippen LogP contribution in [0.5, 0.6) is 0 Å². The second kappa shape index (κ2) is 5.60. The summed E-state index contributed by atoms with van der Waals surface area (Å²) in [4.78, 5) is 18.9. The number of amides is 1. The van der Waals surface area contributed by atoms with Crippen LogP contribution in [0.3, 0.4) is 0 Å². The van der Waals surface area contributed by atoms with Gasteiger partial charge in [0.25, 0.3) is 0 Å². The van der Waals surface area contributed by atoms with Gasteiger partial charge < -0.3 is 9.42 Å². The zero-order chi connectivity index (χ0) is 15.0. The Morgan fingerprint density at radius 2 is 2.29 bits per heavy atom. The molecule has 0 radical (unpaired) electrons. The fraction of sp³-hybridized carbons (Fsp3) is 0.533. The van der Waals surface area contributed by atoms with Gasteiger partial charge in [-0.1, -0.05) is 5.16 Å². The molecule has 112 valence electrons. The molecule has 0 bridgehead atoms. The van der Waals surface area contributed by atoms with Crippen molar-refractivity contribution >= 4 is 17.2 Å². The van der Waals surface area contributed by atoms with E-state index >= 15 is 0 Å². The third-order valence-electron chi connectivity index (χ3n) is 3.99. The largest absolute Gasteiger partial charge is 0.361 e. The number of carbonyl (C=O) groups excluding carboxylic acids is 1. The molecule has 2 aromatic heterocycles. The Kier molecular flexibility index (Phi) is 3.80. The molecule has 3 heterocycles. The van der Waals surface area contributed by atoms with Gasteiger partial charge in [0.1, 0.15) is 5.76 Å². The molecule has 3 rings (SSSR count). The molecule has 1 amide bonds. The number of aromatic nitrogens is 2. The third kappa shape index (κ3) is 2.72. The summed E-state index contributed by atoms with van der Waals surface area (Å²) in [6.07, 6.45) is 2.38. The van der Waals surface area contributed by atoms with E-state index < -0.39 is 0 Å². The van der Waals surface area contributed by atoms with Gasteiger partial charge in [-0.15, -0.1) is 11.3 Å². The molecule has 0 spiro atoms. The van der Waals surface area contributed by atoms with Gasteiger partial charge in [0.2, 0.25) is 5.91 Å². The van der Waals surface area contributed by atoms with E-state index in [2.05, 4.69) is 10.1 Å². The molecule has 1 aliphatic heterocycles. The highest BCUT2D eigenvalue weighted by molar-refractivity contribution is 7.09. The summed E-state index contributed by atoms with van der Waals surface area (Å²) >= 11 is 1.59. The van der Waals surface area contributed by atoms with Gasteiger partial charge in [-0.2, -0.15) is 0 Å². The molecule has 2 aromatic rings. The SMILES string of the molecule is Cc1nc(CC(=O)N2CCC[C@@H]2c2c(C)noc2C)cs1. The highest BCUT2D eigenvalue weighted by Crippen LogP contribution is 2.35. The van der Waals surface area contributed by atoms with Crippen molar-refractivity contribution in [1.82, 2.24) is 15.0 Å². The van der Waals surface area contributed by atoms with E-state index in [0.29, 0.717) is 6.42 Å². The normalized spacial score (nSPS) is 18.4. The van der Waals surface area contributed by atoms with Crippen LogP contribution in [0, 0.1) is 20.8 Å². The third-order valence-corrected chi connectivity index (χ3v) is 4.82. The summed E-state index contributed by atoms with van der Waals surface area (Å²) < 4.78 is 5.26. The summed E-state index contributed by atoms with van der Waals surface area (Å²) in [6.45, 7) is 6.62. The number of aryl methyl sites for hydroxylation is 3. The van der Waals surface area contributed by atoms with Gasteiger partial charge in [-0.3, -0.25) is 4.79 Å². The van der Waals surface area contributed by atoms with E-state index in [1.165, 1.54) is 0 Å². The fourth-order valence-electron chi connectivity index (χ4n) is 3.08. The van der Waals surface area contributed by atoms with E-state index in [4.69, 9.17) is 4.52 Å². The Bertz CT molecular complexity index is 642. The van der Waals surface area contributed by atoms with Crippen molar-refractivity contribution in [3.8, 4) is 0 Å². The molecule has 0 aromatic carbocycles. The maximum Gasteiger partial charge on any atom is 0.229 e. The van der Waals surface area contributed by atoms with Crippen LogP contribution < -0.4 is 0 Å². The van der Waals surface area contributed by atoms with E-state index in [0.717, 1.165) is 47.1 Å². The molecule has 0 aliphatic carbocycles. The van der Waals surface area contributed by atoms with Crippen LogP contribution in [0.4, 0.5) is 0 Å². The van der Waals surface area contributed by atoms with Crippen LogP contribution in [0.2, 0.25) is 0 Å². The first-order valence-corrected chi connectivity index (χ1v) is 8.07. The lowest BCUT2D eigenvalue weighted by Gasteiger charge is -2.24. The number of carbonyl (C=O) groups is 1. The van der Waals surface area contributed by atoms with Gasteiger partial charge >= 0.3 is 0 Å². The Morgan fingerprint density at radius 3 is 2.90 bits per heavy atom. The Balaban J connectivity index is 1.79. The molecule has 21 heavy (non-hydrogen) atoms. The van der Waals surface area contributed by atoms with Crippen molar-refractivity contribution in [1.29, 1.82) is 0 Å². The zero-order valence-corrected chi connectivity index (χ0v) is 13.4. The van der Waals surface area contributed by atoms with E-state index in [9.17, 15) is 4.79 Å². The minimum Gasteiger partial charge on any atom is -0.361 e. The first kappa shape index (κ1) is 14.3. The van der Waals surface area contributed by atoms with Gasteiger partial charge in [-0.25, -0.2) is 4.98 Å². The number of thiazole rings is 1. The summed E-state index contributed by atoms with van der Waals surface area (Å²) in [7, 11) is 0. The number of likely N-dealkylation sites (tertiary alicyclic amines) is 1. The molecular weight excluding hydrogens is 286 g/mol. The molecular formula is C15H19N3O2S. The van der Waals surface area contributed by atoms with Crippen LogP contribution in [0.1, 0.15) is 46.6 Å². The van der Waals surface area contributed by atoms with Gasteiger partial charge in [0, 0.05) is 17.5 Å². The first-order chi connectivity index (χ1) is 10.1. The number of nitrogens with zero attached hydrogens (tertiary/aromatic N) is 3. The summed E-state index contributed by atoms with van der Waals surface area (Å²) in [5.41, 5.74) is 2.84. The van der Waals surface area contributed by atoms with Crippen LogP contribution in [-0.2, 0) is 11.2 Å². The van der Waals surface area contributed by atoms with E-state index in [1.807, 2.05) is 31.1 Å². The van der Waals surface area contributed by atoms with Crippen molar-refractivity contribution in [3.63, 3.8) is 0 Å². The maximum absolute atomic E-state index is 12.6. The van der Waals surface area contributed by atoms with Crippen LogP contribution in [0.25, 0.3) is 0 Å². The summed E-state index contributed by atoms with van der Waals surface area (Å²) in [6, 6.07) is 0.100. The Labute approximate surface area is 128 Å². The fourth-order valence-corrected chi connectivity index (χ4v) is 3.69. The standard InChI is InChI=1S/C15H19N3O2S/c1-9-15(10(2)20-17-9)13-5-4-6-18(13)14(19)7-12-8-21-11(3)16-12/h8,13H,4-7H2,1-3H3/t13-/m1/s1. The average molecular weight is 305 g/mol. The molecule has 1 saturated heterocycles. The maximum atomic E-state index is 12.6. The topological polar surface area (TPSA) is 59.2 Å². The Hall–Kier alpha value is -1.69. The Morgan fingerprint density at radius 1 is 1.48 bits per heavy atom. The lowest BCUT2D eigenvalue weighted by molar-refractivity contribution is -0.131. The van der Waals surface area contributed by atoms with Crippen molar-refractivity contribution in [2.45, 2.75) is 46.1 Å². The van der Waals surface area contributed by atoms with E-state index in [1.54, 1.807) is 11.3 Å². The molecule has 6 heteroatoms. The number of hydrogen-bond acceptors (Lipinski definition) is 5. The highest BCUT2D eigenvalue weighted by Gasteiger charge is 2.33. The zero-order valence-electron chi connectivity index (χ0n) is 12.5. The van der Waals surface area contributed by atoms with Crippen molar-refractivity contribution < 1.29 is 9.32 Å². The van der Waals surface area contributed by atoms with Crippen LogP contribution in [-0.4, -0.2) is 27.5 Å².